The molecule has 1 aliphatic rings. The van der Waals surface area contributed by atoms with Crippen molar-refractivity contribution in [2.24, 2.45) is 0 Å². The maximum absolute atomic E-state index is 12.2. The van der Waals surface area contributed by atoms with E-state index in [0.29, 0.717) is 19.1 Å². The van der Waals surface area contributed by atoms with Gasteiger partial charge in [0, 0.05) is 29.9 Å². The van der Waals surface area contributed by atoms with Gasteiger partial charge in [0.1, 0.15) is 0 Å². The van der Waals surface area contributed by atoms with Crippen LogP contribution in [0.15, 0.2) is 36.5 Å². The zero-order chi connectivity index (χ0) is 16.8. The van der Waals surface area contributed by atoms with Gasteiger partial charge in [-0.3, -0.25) is 14.7 Å². The smallest absolute Gasteiger partial charge is 0.234 e. The number of hydrogen-bond donors (Lipinski definition) is 1. The van der Waals surface area contributed by atoms with E-state index in [4.69, 9.17) is 0 Å². The number of carbonyl (C=O) groups excluding carboxylic acids is 1. The molecule has 1 fully saturated rings. The van der Waals surface area contributed by atoms with Gasteiger partial charge in [-0.05, 0) is 43.7 Å². The van der Waals surface area contributed by atoms with Crippen LogP contribution in [-0.2, 0) is 11.2 Å². The predicted molar refractivity (Wildman–Crippen MR) is 101 cm³/mol. The summed E-state index contributed by atoms with van der Waals surface area (Å²) >= 11 is 1.87. The van der Waals surface area contributed by atoms with Gasteiger partial charge in [-0.2, -0.15) is 11.8 Å². The second-order valence-corrected chi connectivity index (χ2v) is 7.22. The molecule has 1 amide bonds. The molecule has 0 aliphatic carbocycles. The van der Waals surface area contributed by atoms with Gasteiger partial charge < -0.3 is 5.32 Å². The summed E-state index contributed by atoms with van der Waals surface area (Å²) in [5.74, 6) is 1.26. The number of pyridine rings is 1. The Hall–Kier alpha value is -1.59. The molecule has 5 heteroatoms. The average molecular weight is 343 g/mol. The molecule has 1 aromatic heterocycles. The molecule has 0 radical (unpaired) electrons. The van der Waals surface area contributed by atoms with Crippen LogP contribution in [0.1, 0.15) is 18.4 Å². The van der Waals surface area contributed by atoms with Crippen molar-refractivity contribution in [3.05, 3.63) is 42.1 Å². The molecule has 1 atom stereocenters. The minimum Gasteiger partial charge on any atom is -0.355 e. The highest BCUT2D eigenvalue weighted by Crippen LogP contribution is 2.19. The van der Waals surface area contributed by atoms with Gasteiger partial charge in [0.15, 0.2) is 0 Å². The standard InChI is InChI=1S/C19H25N3OS/c1-24-14-17-8-4-12-22(17)13-18(23)20-11-9-16-6-2-5-15-7-3-10-21-19(15)16/h2-3,5-7,10,17H,4,8-9,11-14H2,1H3,(H,20,23)/t17-/m1/s1. The fourth-order valence-corrected chi connectivity index (χ4v) is 4.19. The number of likely N-dealkylation sites (tertiary alicyclic amines) is 1. The number of fused-ring (bicyclic) bond motifs is 1. The van der Waals surface area contributed by atoms with Gasteiger partial charge in [-0.25, -0.2) is 0 Å². The molecule has 0 spiro atoms. The minimum absolute atomic E-state index is 0.135. The van der Waals surface area contributed by atoms with Crippen molar-refractivity contribution in [2.45, 2.75) is 25.3 Å². The summed E-state index contributed by atoms with van der Waals surface area (Å²) < 4.78 is 0. The highest BCUT2D eigenvalue weighted by atomic mass is 32.2. The number of hydrogen-bond acceptors (Lipinski definition) is 4. The molecule has 24 heavy (non-hydrogen) atoms. The molecule has 128 valence electrons. The minimum atomic E-state index is 0.135. The van der Waals surface area contributed by atoms with E-state index in [0.717, 1.165) is 29.6 Å². The normalized spacial score (nSPS) is 18.1. The average Bonchev–Trinajstić information content (AvgIpc) is 3.02. The van der Waals surface area contributed by atoms with Crippen LogP contribution in [-0.4, -0.2) is 53.5 Å². The molecule has 1 saturated heterocycles. The van der Waals surface area contributed by atoms with Crippen molar-refractivity contribution >= 4 is 28.6 Å². The number of nitrogens with one attached hydrogen (secondary N) is 1. The third-order valence-corrected chi connectivity index (χ3v) is 5.36. The van der Waals surface area contributed by atoms with Gasteiger partial charge >= 0.3 is 0 Å². The fraction of sp³-hybridized carbons (Fsp3) is 0.474. The molecule has 4 nitrogen and oxygen atoms in total. The Morgan fingerprint density at radius 1 is 1.38 bits per heavy atom. The third-order valence-electron chi connectivity index (χ3n) is 4.64. The zero-order valence-electron chi connectivity index (χ0n) is 14.2. The van der Waals surface area contributed by atoms with E-state index >= 15 is 0 Å². The Bertz CT molecular complexity index is 686. The highest BCUT2D eigenvalue weighted by molar-refractivity contribution is 7.98. The molecular weight excluding hydrogens is 318 g/mol. The lowest BCUT2D eigenvalue weighted by molar-refractivity contribution is -0.122. The van der Waals surface area contributed by atoms with E-state index in [1.807, 2.05) is 24.0 Å². The van der Waals surface area contributed by atoms with E-state index in [-0.39, 0.29) is 5.91 Å². The van der Waals surface area contributed by atoms with Crippen molar-refractivity contribution in [3.8, 4) is 0 Å². The number of para-hydroxylation sites is 1. The number of carbonyl (C=O) groups is 1. The van der Waals surface area contributed by atoms with Crippen LogP contribution in [0.2, 0.25) is 0 Å². The largest absolute Gasteiger partial charge is 0.355 e. The number of amides is 1. The Morgan fingerprint density at radius 3 is 3.12 bits per heavy atom. The number of thioether (sulfide) groups is 1. The van der Waals surface area contributed by atoms with Crippen LogP contribution < -0.4 is 5.32 Å². The Kier molecular flexibility index (Phi) is 6.10. The fourth-order valence-electron chi connectivity index (χ4n) is 3.43. The van der Waals surface area contributed by atoms with Gasteiger partial charge in [-0.15, -0.1) is 0 Å². The molecule has 1 aromatic carbocycles. The highest BCUT2D eigenvalue weighted by Gasteiger charge is 2.25. The number of nitrogens with zero attached hydrogens (tertiary/aromatic N) is 2. The second-order valence-electron chi connectivity index (χ2n) is 6.31. The number of rotatable bonds is 7. The Labute approximate surface area is 148 Å². The van der Waals surface area contributed by atoms with Gasteiger partial charge in [0.25, 0.3) is 0 Å². The van der Waals surface area contributed by atoms with Crippen molar-refractivity contribution in [3.63, 3.8) is 0 Å². The first-order chi connectivity index (χ1) is 11.8. The second kappa shape index (κ2) is 8.49. The summed E-state index contributed by atoms with van der Waals surface area (Å²) in [7, 11) is 0. The van der Waals surface area contributed by atoms with E-state index in [9.17, 15) is 4.79 Å². The van der Waals surface area contributed by atoms with Gasteiger partial charge in [0.2, 0.25) is 5.91 Å². The maximum Gasteiger partial charge on any atom is 0.234 e. The number of benzene rings is 1. The molecule has 3 rings (SSSR count). The van der Waals surface area contributed by atoms with Gasteiger partial charge in [0.05, 0.1) is 12.1 Å². The Balaban J connectivity index is 1.50. The lowest BCUT2D eigenvalue weighted by Crippen LogP contribution is -2.41. The molecule has 0 saturated carbocycles. The molecular formula is C19H25N3OS. The van der Waals surface area contributed by atoms with Gasteiger partial charge in [-0.1, -0.05) is 24.3 Å². The summed E-state index contributed by atoms with van der Waals surface area (Å²) in [5, 5.41) is 4.22. The van der Waals surface area contributed by atoms with Crippen LogP contribution in [0.25, 0.3) is 10.9 Å². The Morgan fingerprint density at radius 2 is 2.25 bits per heavy atom. The zero-order valence-corrected chi connectivity index (χ0v) is 15.0. The summed E-state index contributed by atoms with van der Waals surface area (Å²) in [4.78, 5) is 19.0. The predicted octanol–water partition coefficient (Wildman–Crippen LogP) is 2.72. The van der Waals surface area contributed by atoms with Crippen molar-refractivity contribution in [1.29, 1.82) is 0 Å². The lowest BCUT2D eigenvalue weighted by atomic mass is 10.1. The summed E-state index contributed by atoms with van der Waals surface area (Å²) in [6.07, 6.45) is 7.20. The molecule has 1 N–H and O–H groups in total. The third kappa shape index (κ3) is 4.28. The van der Waals surface area contributed by atoms with Crippen LogP contribution in [0.5, 0.6) is 0 Å². The van der Waals surface area contributed by atoms with Crippen LogP contribution in [0.3, 0.4) is 0 Å². The lowest BCUT2D eigenvalue weighted by Gasteiger charge is -2.23. The number of aromatic nitrogens is 1. The maximum atomic E-state index is 12.2. The van der Waals surface area contributed by atoms with E-state index < -0.39 is 0 Å². The van der Waals surface area contributed by atoms with Crippen molar-refractivity contribution in [1.82, 2.24) is 15.2 Å². The SMILES string of the molecule is CSC[C@H]1CCCN1CC(=O)NCCc1cccc2cccnc12. The van der Waals surface area contributed by atoms with E-state index in [2.05, 4.69) is 45.7 Å². The molecule has 2 heterocycles. The summed E-state index contributed by atoms with van der Waals surface area (Å²) in [5.41, 5.74) is 2.23. The summed E-state index contributed by atoms with van der Waals surface area (Å²) in [6.45, 7) is 2.24. The van der Waals surface area contributed by atoms with E-state index in [1.54, 1.807) is 0 Å². The van der Waals surface area contributed by atoms with Crippen LogP contribution in [0, 0.1) is 0 Å². The topological polar surface area (TPSA) is 45.2 Å². The van der Waals surface area contributed by atoms with Crippen molar-refractivity contribution in [2.75, 3.05) is 31.6 Å². The van der Waals surface area contributed by atoms with Crippen molar-refractivity contribution < 1.29 is 4.79 Å². The first kappa shape index (κ1) is 17.2. The molecule has 2 aromatic rings. The first-order valence-electron chi connectivity index (χ1n) is 8.60. The summed E-state index contributed by atoms with van der Waals surface area (Å²) in [6, 6.07) is 10.8. The van der Waals surface area contributed by atoms with E-state index in [1.165, 1.54) is 18.4 Å². The monoisotopic (exact) mass is 343 g/mol. The van der Waals surface area contributed by atoms with Crippen LogP contribution in [0.4, 0.5) is 0 Å². The van der Waals surface area contributed by atoms with Crippen LogP contribution >= 0.6 is 11.8 Å². The molecule has 0 bridgehead atoms. The quantitative estimate of drug-likeness (QED) is 0.840. The molecule has 1 aliphatic heterocycles. The molecule has 0 unspecified atom stereocenters. The first-order valence-corrected chi connectivity index (χ1v) is 9.99.